The fourth-order valence-corrected chi connectivity index (χ4v) is 3.22. The number of nitro benzene ring substituents is 1. The number of benzene rings is 2. The van der Waals surface area contributed by atoms with Crippen LogP contribution in [0.3, 0.4) is 0 Å². The Hall–Kier alpha value is -2.92. The molecule has 0 aromatic heterocycles. The average molecular weight is 369 g/mol. The zero-order chi connectivity index (χ0) is 18.7. The van der Waals surface area contributed by atoms with E-state index in [1.807, 2.05) is 18.2 Å². The van der Waals surface area contributed by atoms with E-state index < -0.39 is 15.7 Å². The van der Waals surface area contributed by atoms with Crippen LogP contribution >= 0.6 is 11.6 Å². The van der Waals surface area contributed by atoms with Gasteiger partial charge in [0, 0.05) is 17.3 Å². The Labute approximate surface area is 156 Å². The van der Waals surface area contributed by atoms with Crippen LogP contribution in [0.15, 0.2) is 78.5 Å². The topological polar surface area (TPSA) is 72.2 Å². The highest BCUT2D eigenvalue weighted by Gasteiger charge is 2.36. The zero-order valence-corrected chi connectivity index (χ0v) is 14.8. The van der Waals surface area contributed by atoms with Gasteiger partial charge in [-0.1, -0.05) is 48.5 Å². The van der Waals surface area contributed by atoms with Gasteiger partial charge < -0.3 is 5.32 Å². The summed E-state index contributed by atoms with van der Waals surface area (Å²) in [5.41, 5.74) is 1.54. The van der Waals surface area contributed by atoms with Crippen molar-refractivity contribution in [1.29, 1.82) is 0 Å². The van der Waals surface area contributed by atoms with Crippen molar-refractivity contribution >= 4 is 28.8 Å². The van der Waals surface area contributed by atoms with E-state index in [4.69, 9.17) is 11.6 Å². The third-order valence-electron chi connectivity index (χ3n) is 4.23. The normalized spacial score (nSPS) is 21.8. The monoisotopic (exact) mass is 368 g/mol. The molecule has 0 saturated carbocycles. The van der Waals surface area contributed by atoms with E-state index >= 15 is 0 Å². The third-order valence-corrected chi connectivity index (χ3v) is 4.58. The minimum atomic E-state index is -0.951. The second-order valence-corrected chi connectivity index (χ2v) is 7.03. The number of allylic oxidation sites excluding steroid dienone is 3. The number of rotatable bonds is 5. The van der Waals surface area contributed by atoms with Crippen molar-refractivity contribution < 1.29 is 9.72 Å². The van der Waals surface area contributed by atoms with Crippen LogP contribution in [0.5, 0.6) is 0 Å². The van der Waals surface area contributed by atoms with Crippen molar-refractivity contribution in [2.24, 2.45) is 5.92 Å². The molecule has 1 aliphatic carbocycles. The van der Waals surface area contributed by atoms with Gasteiger partial charge in [-0.05, 0) is 25.1 Å². The number of nitrogens with zero attached hydrogens (tertiary/aromatic N) is 1. The highest BCUT2D eigenvalue weighted by atomic mass is 35.5. The number of alkyl halides is 1. The lowest BCUT2D eigenvalue weighted by atomic mass is 9.82. The first kappa shape index (κ1) is 17.9. The molecule has 0 saturated heterocycles. The lowest BCUT2D eigenvalue weighted by Crippen LogP contribution is -2.34. The number of ketones is 1. The number of nitro groups is 1. The lowest BCUT2D eigenvalue weighted by Gasteiger charge is -2.30. The Morgan fingerprint density at radius 2 is 1.81 bits per heavy atom. The second kappa shape index (κ2) is 7.14. The summed E-state index contributed by atoms with van der Waals surface area (Å²) in [6.07, 6.45) is 5.18. The number of hydrogen-bond donors (Lipinski definition) is 1. The molecule has 5 nitrogen and oxygen atoms in total. The molecule has 0 amide bonds. The van der Waals surface area contributed by atoms with E-state index in [9.17, 15) is 14.9 Å². The Kier molecular flexibility index (Phi) is 4.91. The highest BCUT2D eigenvalue weighted by molar-refractivity contribution is 6.28. The molecule has 26 heavy (non-hydrogen) atoms. The van der Waals surface area contributed by atoms with E-state index in [2.05, 4.69) is 5.32 Å². The molecule has 1 N–H and O–H groups in total. The van der Waals surface area contributed by atoms with Crippen molar-refractivity contribution in [3.63, 3.8) is 0 Å². The summed E-state index contributed by atoms with van der Waals surface area (Å²) in [7, 11) is 0. The fourth-order valence-electron chi connectivity index (χ4n) is 2.93. The molecule has 132 valence electrons. The van der Waals surface area contributed by atoms with Gasteiger partial charge in [0.1, 0.15) is 5.69 Å². The van der Waals surface area contributed by atoms with E-state index in [0.717, 1.165) is 0 Å². The Morgan fingerprint density at radius 3 is 2.46 bits per heavy atom. The maximum Gasteiger partial charge on any atom is 0.292 e. The lowest BCUT2D eigenvalue weighted by molar-refractivity contribution is -0.383. The molecule has 0 radical (unpaired) electrons. The summed E-state index contributed by atoms with van der Waals surface area (Å²) in [5, 5.41) is 14.2. The summed E-state index contributed by atoms with van der Waals surface area (Å²) in [5.74, 6) is -0.594. The summed E-state index contributed by atoms with van der Waals surface area (Å²) in [4.78, 5) is 22.5. The minimum Gasteiger partial charge on any atom is -0.350 e. The predicted molar refractivity (Wildman–Crippen MR) is 102 cm³/mol. The zero-order valence-electron chi connectivity index (χ0n) is 14.1. The van der Waals surface area contributed by atoms with Gasteiger partial charge in [0.25, 0.3) is 5.69 Å². The van der Waals surface area contributed by atoms with Crippen molar-refractivity contribution in [2.45, 2.75) is 11.8 Å². The molecule has 2 aromatic rings. The summed E-state index contributed by atoms with van der Waals surface area (Å²) in [6, 6.07) is 15.4. The standard InChI is InChI=1S/C20H17ClN2O3/c1-20(21)13-15(22-17-9-5-6-10-18(17)23(25)26)11-12-16(20)19(24)14-7-3-2-4-8-14/h2-13,16,22H,1H3. The molecule has 1 aliphatic rings. The SMILES string of the molecule is CC1(Cl)C=C(Nc2ccccc2[N+](=O)[O-])C=CC1C(=O)c1ccccc1. The predicted octanol–water partition coefficient (Wildman–Crippen LogP) is 4.96. The van der Waals surface area contributed by atoms with Crippen LogP contribution < -0.4 is 5.32 Å². The highest BCUT2D eigenvalue weighted by Crippen LogP contribution is 2.36. The molecule has 0 fully saturated rings. The summed E-state index contributed by atoms with van der Waals surface area (Å²) < 4.78 is 0. The maximum atomic E-state index is 12.7. The van der Waals surface area contributed by atoms with Crippen LogP contribution in [0.25, 0.3) is 0 Å². The van der Waals surface area contributed by atoms with Crippen LogP contribution in [0.2, 0.25) is 0 Å². The molecule has 6 heteroatoms. The molecular formula is C20H17ClN2O3. The first-order chi connectivity index (χ1) is 12.4. The molecule has 2 aromatic carbocycles. The third kappa shape index (κ3) is 3.68. The van der Waals surface area contributed by atoms with Crippen molar-refractivity contribution in [2.75, 3.05) is 5.32 Å². The van der Waals surface area contributed by atoms with E-state index in [0.29, 0.717) is 16.9 Å². The largest absolute Gasteiger partial charge is 0.350 e. The van der Waals surface area contributed by atoms with Gasteiger partial charge >= 0.3 is 0 Å². The number of nitrogens with one attached hydrogen (secondary N) is 1. The molecular weight excluding hydrogens is 352 g/mol. The van der Waals surface area contributed by atoms with Crippen LogP contribution in [0.1, 0.15) is 17.3 Å². The summed E-state index contributed by atoms with van der Waals surface area (Å²) >= 11 is 6.62. The van der Waals surface area contributed by atoms with Crippen LogP contribution in [0.4, 0.5) is 11.4 Å². The van der Waals surface area contributed by atoms with Gasteiger partial charge in [0.2, 0.25) is 0 Å². The smallest absolute Gasteiger partial charge is 0.292 e. The number of carbonyl (C=O) groups is 1. The Balaban J connectivity index is 1.84. The number of carbonyl (C=O) groups excluding carboxylic acids is 1. The van der Waals surface area contributed by atoms with Crippen LogP contribution in [-0.4, -0.2) is 15.6 Å². The second-order valence-electron chi connectivity index (χ2n) is 6.22. The number of para-hydroxylation sites is 2. The molecule has 3 rings (SSSR count). The molecule has 0 aliphatic heterocycles. The van der Waals surface area contributed by atoms with Crippen LogP contribution in [0, 0.1) is 16.0 Å². The number of anilines is 1. The van der Waals surface area contributed by atoms with Gasteiger partial charge in [-0.3, -0.25) is 14.9 Å². The van der Waals surface area contributed by atoms with E-state index in [1.165, 1.54) is 6.07 Å². The van der Waals surface area contributed by atoms with Gasteiger partial charge in [0.15, 0.2) is 5.78 Å². The minimum absolute atomic E-state index is 0.0273. The van der Waals surface area contributed by atoms with Gasteiger partial charge in [0.05, 0.1) is 15.7 Å². The van der Waals surface area contributed by atoms with Crippen molar-refractivity contribution in [3.8, 4) is 0 Å². The molecule has 0 spiro atoms. The van der Waals surface area contributed by atoms with Gasteiger partial charge in [-0.25, -0.2) is 0 Å². The quantitative estimate of drug-likeness (QED) is 0.350. The first-order valence-corrected chi connectivity index (χ1v) is 8.46. The van der Waals surface area contributed by atoms with Crippen molar-refractivity contribution in [3.05, 3.63) is 94.2 Å². The van der Waals surface area contributed by atoms with E-state index in [-0.39, 0.29) is 11.5 Å². The first-order valence-electron chi connectivity index (χ1n) is 8.08. The number of halogens is 1. The molecule has 2 atom stereocenters. The molecule has 0 bridgehead atoms. The number of Topliss-reactive ketones (excluding diaryl/α,β-unsaturated/α-hetero) is 1. The van der Waals surface area contributed by atoms with Gasteiger partial charge in [-0.15, -0.1) is 11.6 Å². The molecule has 0 heterocycles. The molecule has 2 unspecified atom stereocenters. The summed E-state index contributed by atoms with van der Waals surface area (Å²) in [6.45, 7) is 1.75. The van der Waals surface area contributed by atoms with Crippen LogP contribution in [-0.2, 0) is 0 Å². The van der Waals surface area contributed by atoms with Gasteiger partial charge in [-0.2, -0.15) is 0 Å². The van der Waals surface area contributed by atoms with E-state index in [1.54, 1.807) is 55.5 Å². The van der Waals surface area contributed by atoms with Crippen molar-refractivity contribution in [1.82, 2.24) is 0 Å². The average Bonchev–Trinajstić information content (AvgIpc) is 2.61. The fraction of sp³-hybridized carbons (Fsp3) is 0.150. The Bertz CT molecular complexity index is 904. The number of hydrogen-bond acceptors (Lipinski definition) is 4. The Morgan fingerprint density at radius 1 is 1.15 bits per heavy atom. The maximum absolute atomic E-state index is 12.7.